The predicted molar refractivity (Wildman–Crippen MR) is 80.6 cm³/mol. The Hall–Kier alpha value is -2.08. The van der Waals surface area contributed by atoms with Crippen molar-refractivity contribution in [2.24, 2.45) is 0 Å². The first-order valence-corrected chi connectivity index (χ1v) is 6.85. The van der Waals surface area contributed by atoms with Gasteiger partial charge in [-0.25, -0.2) is 0 Å². The van der Waals surface area contributed by atoms with Gasteiger partial charge >= 0.3 is 0 Å². The summed E-state index contributed by atoms with van der Waals surface area (Å²) in [6.45, 7) is 2.91. The maximum absolute atomic E-state index is 5.44. The standard InChI is InChI=1S/C14H16N4OS/c1-10(9-17-7-3-6-15-17)18-13-5-4-11(19-2)8-12(13)16-14(18)20/h3-8,10H,9H2,1-2H3,(H,16,20). The first kappa shape index (κ1) is 12.9. The molecule has 104 valence electrons. The fourth-order valence-corrected chi connectivity index (χ4v) is 2.82. The molecule has 0 spiro atoms. The van der Waals surface area contributed by atoms with Gasteiger partial charge in [0.05, 0.1) is 30.7 Å². The summed E-state index contributed by atoms with van der Waals surface area (Å²) in [5.74, 6) is 0.820. The highest BCUT2D eigenvalue weighted by atomic mass is 32.1. The second-order valence-electron chi connectivity index (χ2n) is 4.76. The molecular formula is C14H16N4OS. The largest absolute Gasteiger partial charge is 0.497 e. The van der Waals surface area contributed by atoms with Crippen molar-refractivity contribution >= 4 is 23.3 Å². The van der Waals surface area contributed by atoms with E-state index in [1.54, 1.807) is 13.3 Å². The highest BCUT2D eigenvalue weighted by Gasteiger charge is 2.12. The van der Waals surface area contributed by atoms with E-state index in [2.05, 4.69) is 21.6 Å². The van der Waals surface area contributed by atoms with Gasteiger partial charge in [0.1, 0.15) is 5.75 Å². The number of ether oxygens (including phenoxy) is 1. The number of nitrogens with zero attached hydrogens (tertiary/aromatic N) is 3. The third-order valence-electron chi connectivity index (χ3n) is 3.37. The Bertz CT molecular complexity index is 772. The van der Waals surface area contributed by atoms with Crippen LogP contribution in [0.25, 0.3) is 11.0 Å². The maximum Gasteiger partial charge on any atom is 0.178 e. The van der Waals surface area contributed by atoms with Crippen LogP contribution in [-0.4, -0.2) is 26.4 Å². The van der Waals surface area contributed by atoms with E-state index in [1.165, 1.54) is 0 Å². The quantitative estimate of drug-likeness (QED) is 0.750. The summed E-state index contributed by atoms with van der Waals surface area (Å²) in [7, 11) is 1.66. The molecule has 1 atom stereocenters. The molecule has 0 bridgehead atoms. The van der Waals surface area contributed by atoms with E-state index in [4.69, 9.17) is 17.0 Å². The second kappa shape index (κ2) is 5.13. The van der Waals surface area contributed by atoms with Crippen LogP contribution in [0.2, 0.25) is 0 Å². The number of methoxy groups -OCH3 is 1. The fourth-order valence-electron chi connectivity index (χ4n) is 2.44. The summed E-state index contributed by atoms with van der Waals surface area (Å²) in [4.78, 5) is 3.23. The van der Waals surface area contributed by atoms with E-state index >= 15 is 0 Å². The van der Waals surface area contributed by atoms with Gasteiger partial charge in [-0.15, -0.1) is 0 Å². The number of fused-ring (bicyclic) bond motifs is 1. The van der Waals surface area contributed by atoms with E-state index in [9.17, 15) is 0 Å². The molecule has 3 aromatic rings. The summed E-state index contributed by atoms with van der Waals surface area (Å²) in [6.07, 6.45) is 3.74. The Morgan fingerprint density at radius 2 is 2.30 bits per heavy atom. The number of hydrogen-bond donors (Lipinski definition) is 1. The zero-order chi connectivity index (χ0) is 14.1. The van der Waals surface area contributed by atoms with Crippen LogP contribution in [0.4, 0.5) is 0 Å². The van der Waals surface area contributed by atoms with Crippen molar-refractivity contribution in [2.45, 2.75) is 19.5 Å². The van der Waals surface area contributed by atoms with Crippen LogP contribution in [0.15, 0.2) is 36.7 Å². The molecule has 0 radical (unpaired) electrons. The summed E-state index contributed by atoms with van der Waals surface area (Å²) in [5.41, 5.74) is 2.07. The molecule has 2 aromatic heterocycles. The zero-order valence-corrected chi connectivity index (χ0v) is 12.2. The number of rotatable bonds is 4. The Kier molecular flexibility index (Phi) is 3.31. The number of imidazole rings is 1. The van der Waals surface area contributed by atoms with Gasteiger partial charge in [0.2, 0.25) is 0 Å². The monoisotopic (exact) mass is 288 g/mol. The van der Waals surface area contributed by atoms with Crippen LogP contribution in [0.3, 0.4) is 0 Å². The van der Waals surface area contributed by atoms with Crippen LogP contribution in [0.1, 0.15) is 13.0 Å². The lowest BCUT2D eigenvalue weighted by Gasteiger charge is -2.14. The fraction of sp³-hybridized carbons (Fsp3) is 0.286. The molecule has 1 aromatic carbocycles. The third kappa shape index (κ3) is 2.22. The number of hydrogen-bond acceptors (Lipinski definition) is 3. The number of nitrogens with one attached hydrogen (secondary N) is 1. The zero-order valence-electron chi connectivity index (χ0n) is 11.4. The molecule has 0 fully saturated rings. The smallest absolute Gasteiger partial charge is 0.178 e. The average Bonchev–Trinajstić information content (AvgIpc) is 3.03. The highest BCUT2D eigenvalue weighted by Crippen LogP contribution is 2.24. The summed E-state index contributed by atoms with van der Waals surface area (Å²) in [6, 6.07) is 8.07. The normalized spacial score (nSPS) is 12.7. The van der Waals surface area contributed by atoms with E-state index in [-0.39, 0.29) is 6.04 Å². The van der Waals surface area contributed by atoms with E-state index in [0.29, 0.717) is 4.77 Å². The van der Waals surface area contributed by atoms with Gasteiger partial charge in [-0.3, -0.25) is 4.68 Å². The lowest BCUT2D eigenvalue weighted by Crippen LogP contribution is -2.13. The van der Waals surface area contributed by atoms with Gasteiger partial charge in [0, 0.05) is 18.5 Å². The Morgan fingerprint density at radius 3 is 3.00 bits per heavy atom. The van der Waals surface area contributed by atoms with Crippen molar-refractivity contribution in [3.05, 3.63) is 41.4 Å². The first-order valence-electron chi connectivity index (χ1n) is 6.44. The Morgan fingerprint density at radius 1 is 1.45 bits per heavy atom. The summed E-state index contributed by atoms with van der Waals surface area (Å²) >= 11 is 5.44. The number of H-pyrrole nitrogens is 1. The molecule has 0 saturated heterocycles. The molecule has 6 heteroatoms. The van der Waals surface area contributed by atoms with Crippen molar-refractivity contribution in [2.75, 3.05) is 7.11 Å². The van der Waals surface area contributed by atoms with Crippen LogP contribution >= 0.6 is 12.2 Å². The van der Waals surface area contributed by atoms with Crippen molar-refractivity contribution < 1.29 is 4.74 Å². The van der Waals surface area contributed by atoms with Crippen LogP contribution in [0, 0.1) is 4.77 Å². The van der Waals surface area contributed by atoms with Gasteiger partial charge in [-0.05, 0) is 37.3 Å². The maximum atomic E-state index is 5.44. The molecule has 5 nitrogen and oxygen atoms in total. The van der Waals surface area contributed by atoms with Crippen molar-refractivity contribution in [3.8, 4) is 5.75 Å². The molecule has 1 unspecified atom stereocenters. The van der Waals surface area contributed by atoms with E-state index in [0.717, 1.165) is 23.3 Å². The number of aromatic amines is 1. The number of benzene rings is 1. The van der Waals surface area contributed by atoms with Crippen molar-refractivity contribution in [1.29, 1.82) is 0 Å². The average molecular weight is 288 g/mol. The molecule has 20 heavy (non-hydrogen) atoms. The molecular weight excluding hydrogens is 272 g/mol. The van der Waals surface area contributed by atoms with Gasteiger partial charge in [0.25, 0.3) is 0 Å². The molecule has 0 aliphatic heterocycles. The summed E-state index contributed by atoms with van der Waals surface area (Å²) in [5, 5.41) is 4.24. The van der Waals surface area contributed by atoms with Gasteiger partial charge < -0.3 is 14.3 Å². The minimum Gasteiger partial charge on any atom is -0.497 e. The van der Waals surface area contributed by atoms with E-state index in [1.807, 2.05) is 35.1 Å². The Labute approximate surface area is 121 Å². The molecule has 0 aliphatic carbocycles. The van der Waals surface area contributed by atoms with Crippen LogP contribution in [-0.2, 0) is 6.54 Å². The van der Waals surface area contributed by atoms with Crippen molar-refractivity contribution in [3.63, 3.8) is 0 Å². The van der Waals surface area contributed by atoms with E-state index < -0.39 is 0 Å². The lowest BCUT2D eigenvalue weighted by molar-refractivity contribution is 0.415. The lowest BCUT2D eigenvalue weighted by atomic mass is 10.2. The molecule has 3 rings (SSSR count). The highest BCUT2D eigenvalue weighted by molar-refractivity contribution is 7.71. The van der Waals surface area contributed by atoms with Crippen LogP contribution in [0.5, 0.6) is 5.75 Å². The first-order chi connectivity index (χ1) is 9.69. The summed E-state index contributed by atoms with van der Waals surface area (Å²) < 4.78 is 9.98. The third-order valence-corrected chi connectivity index (χ3v) is 3.67. The van der Waals surface area contributed by atoms with Crippen LogP contribution < -0.4 is 4.74 Å². The van der Waals surface area contributed by atoms with Gasteiger partial charge in [-0.2, -0.15) is 5.10 Å². The minimum atomic E-state index is 0.213. The molecule has 0 amide bonds. The molecule has 0 saturated carbocycles. The Balaban J connectivity index is 2.02. The SMILES string of the molecule is COc1ccc2c(c1)[nH]c(=S)n2C(C)Cn1cccn1. The number of aromatic nitrogens is 4. The van der Waals surface area contributed by atoms with Gasteiger partial charge in [-0.1, -0.05) is 0 Å². The van der Waals surface area contributed by atoms with Crippen molar-refractivity contribution in [1.82, 2.24) is 19.3 Å². The second-order valence-corrected chi connectivity index (χ2v) is 5.15. The minimum absolute atomic E-state index is 0.213. The predicted octanol–water partition coefficient (Wildman–Crippen LogP) is 3.17. The van der Waals surface area contributed by atoms with Gasteiger partial charge in [0.15, 0.2) is 4.77 Å². The topological polar surface area (TPSA) is 47.8 Å². The molecule has 0 aliphatic rings. The molecule has 1 N–H and O–H groups in total. The molecule has 2 heterocycles.